The first-order valence-corrected chi connectivity index (χ1v) is 12.3. The molecule has 1 aliphatic heterocycles. The lowest BCUT2D eigenvalue weighted by Crippen LogP contribution is -2.56. The van der Waals surface area contributed by atoms with Crippen molar-refractivity contribution in [2.75, 3.05) is 17.3 Å². The molecule has 2 heterocycles. The third kappa shape index (κ3) is 4.52. The van der Waals surface area contributed by atoms with E-state index >= 15 is 0 Å². The van der Waals surface area contributed by atoms with Crippen LogP contribution >= 0.6 is 12.2 Å². The van der Waals surface area contributed by atoms with Crippen LogP contribution in [0.2, 0.25) is 0 Å². The fraction of sp³-hybridized carbons (Fsp3) is 0.222. The number of nitrogens with zero attached hydrogens (tertiary/aromatic N) is 4. The number of ether oxygens (including phenoxy) is 1. The van der Waals surface area contributed by atoms with Gasteiger partial charge in [-0.05, 0) is 85.2 Å². The number of aromatic nitrogens is 4. The minimum absolute atomic E-state index is 0.264. The Bertz CT molecular complexity index is 1610. The number of fused-ring (bicyclic) bond motifs is 1. The quantitative estimate of drug-likeness (QED) is 0.315. The van der Waals surface area contributed by atoms with E-state index in [0.717, 1.165) is 16.7 Å². The maximum Gasteiger partial charge on any atom is 0.329 e. The Balaban J connectivity index is 1.47. The van der Waals surface area contributed by atoms with Crippen molar-refractivity contribution in [3.8, 4) is 11.4 Å². The largest absolute Gasteiger partial charge is 0.497 e. The number of carbonyl (C=O) groups excluding carboxylic acids is 1. The summed E-state index contributed by atoms with van der Waals surface area (Å²) in [5, 5.41) is 23.4. The highest BCUT2D eigenvalue weighted by molar-refractivity contribution is 7.71. The number of nitrogens with one attached hydrogen (secondary N) is 2. The number of hydrogen-bond acceptors (Lipinski definition) is 7. The van der Waals surface area contributed by atoms with Gasteiger partial charge in [-0.3, -0.25) is 4.79 Å². The summed E-state index contributed by atoms with van der Waals surface area (Å²) in [5.41, 5.74) is 3.92. The van der Waals surface area contributed by atoms with Gasteiger partial charge in [-0.2, -0.15) is 5.21 Å². The minimum atomic E-state index is -1.22. The molecule has 38 heavy (non-hydrogen) atoms. The third-order valence-corrected chi connectivity index (χ3v) is 7.19. The first-order valence-electron chi connectivity index (χ1n) is 11.9. The van der Waals surface area contributed by atoms with Crippen molar-refractivity contribution >= 4 is 35.5 Å². The number of rotatable bonds is 6. The van der Waals surface area contributed by atoms with E-state index in [4.69, 9.17) is 17.0 Å². The molecule has 1 aromatic heterocycles. The molecular formula is C27H26N6O4S. The van der Waals surface area contributed by atoms with Crippen molar-refractivity contribution in [1.82, 2.24) is 20.2 Å². The smallest absolute Gasteiger partial charge is 0.329 e. The van der Waals surface area contributed by atoms with Crippen molar-refractivity contribution in [3.05, 3.63) is 87.7 Å². The summed E-state index contributed by atoms with van der Waals surface area (Å²) in [6.45, 7) is 4.01. The minimum Gasteiger partial charge on any atom is -0.497 e. The first kappa shape index (κ1) is 25.2. The number of carboxylic acids is 1. The van der Waals surface area contributed by atoms with E-state index in [2.05, 4.69) is 20.8 Å². The predicted molar refractivity (Wildman–Crippen MR) is 145 cm³/mol. The van der Waals surface area contributed by atoms with Crippen molar-refractivity contribution in [2.24, 2.45) is 0 Å². The zero-order valence-electron chi connectivity index (χ0n) is 21.1. The number of benzene rings is 3. The second-order valence-corrected chi connectivity index (χ2v) is 9.77. The van der Waals surface area contributed by atoms with Gasteiger partial charge >= 0.3 is 5.97 Å². The number of aryl methyl sites for hydroxylation is 1. The Labute approximate surface area is 223 Å². The SMILES string of the molecule is COc1ccc2c(c1)CC(C)(C(=O)O)N(c1cc(C(=O)Nc3cccc(-n4[nH]nnc4=S)c3)ccc1C)C2. The highest BCUT2D eigenvalue weighted by Gasteiger charge is 2.44. The maximum absolute atomic E-state index is 13.3. The number of aliphatic carboxylic acids is 1. The molecule has 3 N–H and O–H groups in total. The van der Waals surface area contributed by atoms with E-state index in [1.807, 2.05) is 42.2 Å². The molecule has 0 fully saturated rings. The van der Waals surface area contributed by atoms with Gasteiger partial charge in [0.05, 0.1) is 12.8 Å². The number of amides is 1. The Morgan fingerprint density at radius 2 is 1.95 bits per heavy atom. The van der Waals surface area contributed by atoms with Crippen LogP contribution in [0.25, 0.3) is 5.69 Å². The number of tetrazole rings is 1. The molecule has 194 valence electrons. The number of carboxylic acid groups (broad SMARTS) is 1. The van der Waals surface area contributed by atoms with Crippen molar-refractivity contribution < 1.29 is 19.4 Å². The standard InChI is InChI=1S/C27H26N6O4S/c1-16-7-8-17(24(34)28-20-5-4-6-21(13-20)33-26(38)29-30-31-33)12-23(16)32-15-18-9-10-22(37-3)11-19(18)14-27(32,2)25(35)36/h4-13H,14-15H2,1-3H3,(H,28,34)(H,35,36)(H,29,31,38). The van der Waals surface area contributed by atoms with Crippen LogP contribution in [0.4, 0.5) is 11.4 Å². The van der Waals surface area contributed by atoms with Gasteiger partial charge in [0.25, 0.3) is 5.91 Å². The molecule has 3 aromatic carbocycles. The zero-order valence-corrected chi connectivity index (χ0v) is 21.9. The summed E-state index contributed by atoms with van der Waals surface area (Å²) in [4.78, 5) is 27.7. The summed E-state index contributed by atoms with van der Waals surface area (Å²) in [5.74, 6) is -0.576. The van der Waals surface area contributed by atoms with E-state index in [1.165, 1.54) is 4.68 Å². The Hall–Kier alpha value is -4.51. The molecule has 4 aromatic rings. The Morgan fingerprint density at radius 3 is 2.66 bits per heavy atom. The molecule has 5 rings (SSSR count). The number of aromatic amines is 1. The molecule has 0 saturated carbocycles. The second-order valence-electron chi connectivity index (χ2n) is 9.40. The fourth-order valence-corrected chi connectivity index (χ4v) is 4.92. The highest BCUT2D eigenvalue weighted by atomic mass is 32.1. The maximum atomic E-state index is 13.3. The summed E-state index contributed by atoms with van der Waals surface area (Å²) in [6.07, 6.45) is 0.294. The number of carbonyl (C=O) groups is 2. The summed E-state index contributed by atoms with van der Waals surface area (Å²) < 4.78 is 7.13. The van der Waals surface area contributed by atoms with Crippen LogP contribution in [0.15, 0.2) is 60.7 Å². The normalized spacial score (nSPS) is 16.6. The topological polar surface area (TPSA) is 125 Å². The van der Waals surface area contributed by atoms with Gasteiger partial charge in [0.15, 0.2) is 0 Å². The van der Waals surface area contributed by atoms with Crippen LogP contribution in [-0.4, -0.2) is 49.8 Å². The fourth-order valence-electron chi connectivity index (χ4n) is 4.73. The van der Waals surface area contributed by atoms with E-state index in [9.17, 15) is 14.7 Å². The Morgan fingerprint density at radius 1 is 1.13 bits per heavy atom. The number of hydrogen-bond donors (Lipinski definition) is 3. The number of methoxy groups -OCH3 is 1. The summed E-state index contributed by atoms with van der Waals surface area (Å²) in [6, 6.07) is 18.2. The van der Waals surface area contributed by atoms with E-state index in [1.54, 1.807) is 44.4 Å². The van der Waals surface area contributed by atoms with Crippen LogP contribution in [0.3, 0.4) is 0 Å². The lowest BCUT2D eigenvalue weighted by Gasteiger charge is -2.44. The zero-order chi connectivity index (χ0) is 27.0. The molecular weight excluding hydrogens is 504 g/mol. The molecule has 0 spiro atoms. The van der Waals surface area contributed by atoms with Crippen molar-refractivity contribution in [1.29, 1.82) is 0 Å². The van der Waals surface area contributed by atoms with Gasteiger partial charge in [0.1, 0.15) is 11.3 Å². The van der Waals surface area contributed by atoms with Crippen LogP contribution in [0.1, 0.15) is 34.0 Å². The van der Waals surface area contributed by atoms with E-state index in [0.29, 0.717) is 41.3 Å². The molecule has 1 unspecified atom stereocenters. The number of anilines is 2. The third-order valence-electron chi connectivity index (χ3n) is 6.93. The molecule has 1 amide bonds. The van der Waals surface area contributed by atoms with Gasteiger partial charge in [-0.15, -0.1) is 0 Å². The number of H-pyrrole nitrogens is 1. The molecule has 0 radical (unpaired) electrons. The molecule has 1 aliphatic rings. The van der Waals surface area contributed by atoms with Crippen LogP contribution < -0.4 is 15.0 Å². The van der Waals surface area contributed by atoms with Crippen molar-refractivity contribution in [3.63, 3.8) is 0 Å². The van der Waals surface area contributed by atoms with Crippen LogP contribution in [-0.2, 0) is 17.8 Å². The highest BCUT2D eigenvalue weighted by Crippen LogP contribution is 2.38. The molecule has 0 saturated heterocycles. The Kier molecular flexibility index (Phi) is 6.45. The predicted octanol–water partition coefficient (Wildman–Crippen LogP) is 4.30. The molecule has 10 nitrogen and oxygen atoms in total. The van der Waals surface area contributed by atoms with Crippen LogP contribution in [0, 0.1) is 11.7 Å². The van der Waals surface area contributed by atoms with Crippen LogP contribution in [0.5, 0.6) is 5.75 Å². The first-order chi connectivity index (χ1) is 18.2. The van der Waals surface area contributed by atoms with Gasteiger partial charge < -0.3 is 20.1 Å². The lowest BCUT2D eigenvalue weighted by atomic mass is 9.83. The summed E-state index contributed by atoms with van der Waals surface area (Å²) in [7, 11) is 1.59. The monoisotopic (exact) mass is 530 g/mol. The lowest BCUT2D eigenvalue weighted by molar-refractivity contribution is -0.143. The second kappa shape index (κ2) is 9.75. The average molecular weight is 531 g/mol. The average Bonchev–Trinajstić information content (AvgIpc) is 3.34. The molecule has 11 heteroatoms. The van der Waals surface area contributed by atoms with Gasteiger partial charge in [-0.1, -0.05) is 28.5 Å². The van der Waals surface area contributed by atoms with E-state index < -0.39 is 11.5 Å². The molecule has 0 bridgehead atoms. The van der Waals surface area contributed by atoms with E-state index in [-0.39, 0.29) is 10.7 Å². The van der Waals surface area contributed by atoms with Gasteiger partial charge in [-0.25, -0.2) is 9.48 Å². The molecule has 1 atom stereocenters. The summed E-state index contributed by atoms with van der Waals surface area (Å²) >= 11 is 5.16. The van der Waals surface area contributed by atoms with Gasteiger partial charge in [0, 0.05) is 29.9 Å². The van der Waals surface area contributed by atoms with Gasteiger partial charge in [0.2, 0.25) is 4.77 Å². The molecule has 0 aliphatic carbocycles. The van der Waals surface area contributed by atoms with Crippen molar-refractivity contribution in [2.45, 2.75) is 32.4 Å².